The lowest BCUT2D eigenvalue weighted by atomic mass is 9.53. The van der Waals surface area contributed by atoms with E-state index in [1.807, 2.05) is 23.6 Å². The number of rotatable bonds is 7. The first-order valence-electron chi connectivity index (χ1n) is 13.8. The first-order valence-corrected chi connectivity index (χ1v) is 17.2. The number of thiazole rings is 1. The average Bonchev–Trinajstić information content (AvgIpc) is 3.33. The summed E-state index contributed by atoms with van der Waals surface area (Å²) in [4.78, 5) is 21.0. The Morgan fingerprint density at radius 3 is 2.65 bits per heavy atom. The van der Waals surface area contributed by atoms with Crippen LogP contribution in [0, 0.1) is 23.2 Å². The Morgan fingerprint density at radius 1 is 1.25 bits per heavy atom. The number of anilines is 1. The van der Waals surface area contributed by atoms with Crippen LogP contribution in [0.15, 0.2) is 23.1 Å². The molecule has 2 N–H and O–H groups in total. The van der Waals surface area contributed by atoms with E-state index in [0.29, 0.717) is 17.3 Å². The van der Waals surface area contributed by atoms with Crippen molar-refractivity contribution in [3.8, 4) is 11.5 Å². The summed E-state index contributed by atoms with van der Waals surface area (Å²) in [6.07, 6.45) is 1.77. The number of aliphatic hydroxyl groups is 1. The van der Waals surface area contributed by atoms with E-state index in [2.05, 4.69) is 18.6 Å². The molecule has 0 bridgehead atoms. The second kappa shape index (κ2) is 11.3. The molecule has 1 aromatic carbocycles. The van der Waals surface area contributed by atoms with E-state index in [1.54, 1.807) is 12.1 Å². The molecule has 1 amide bonds. The number of methoxy groups -OCH3 is 2. The second-order valence-electron chi connectivity index (χ2n) is 11.5. The number of hydrogen-bond donors (Lipinski definition) is 2. The number of nitrogens with one attached hydrogen (secondary N) is 1. The van der Waals surface area contributed by atoms with Gasteiger partial charge in [0, 0.05) is 47.4 Å². The van der Waals surface area contributed by atoms with Crippen LogP contribution in [0.5, 0.6) is 11.5 Å². The number of aliphatic hydroxyl groups excluding tert-OH is 1. The Labute approximate surface area is 245 Å². The van der Waals surface area contributed by atoms with Crippen LogP contribution in [-0.4, -0.2) is 74.2 Å². The van der Waals surface area contributed by atoms with Gasteiger partial charge in [-0.2, -0.15) is 11.8 Å². The zero-order valence-electron chi connectivity index (χ0n) is 23.7. The highest BCUT2D eigenvalue weighted by Gasteiger charge is 2.54. The molecule has 2 fully saturated rings. The van der Waals surface area contributed by atoms with Gasteiger partial charge < -0.3 is 19.5 Å². The van der Waals surface area contributed by atoms with Crippen molar-refractivity contribution in [3.05, 3.63) is 28.8 Å². The number of amides is 1. The predicted molar refractivity (Wildman–Crippen MR) is 158 cm³/mol. The van der Waals surface area contributed by atoms with Crippen LogP contribution >= 0.6 is 23.1 Å². The molecule has 2 aliphatic carbocycles. The number of nitrogens with zero attached hydrogens (tertiary/aromatic N) is 2. The van der Waals surface area contributed by atoms with Gasteiger partial charge in [-0.25, -0.2) is 13.4 Å². The Kier molecular flexibility index (Phi) is 8.35. The van der Waals surface area contributed by atoms with Gasteiger partial charge in [0.2, 0.25) is 5.91 Å². The Balaban J connectivity index is 1.38. The molecule has 40 heavy (non-hydrogen) atoms. The maximum atomic E-state index is 13.4. The predicted octanol–water partition coefficient (Wildman–Crippen LogP) is 4.23. The minimum atomic E-state index is -4.00. The number of ether oxygens (including phenoxy) is 2. The molecule has 0 spiro atoms. The molecule has 3 aliphatic rings. The van der Waals surface area contributed by atoms with E-state index in [4.69, 9.17) is 14.5 Å². The van der Waals surface area contributed by atoms with E-state index in [9.17, 15) is 18.3 Å². The summed E-state index contributed by atoms with van der Waals surface area (Å²) in [5.41, 5.74) is 0.667. The highest BCUT2D eigenvalue weighted by molar-refractivity contribution is 7.99. The lowest BCUT2D eigenvalue weighted by molar-refractivity contribution is -0.144. The van der Waals surface area contributed by atoms with Crippen LogP contribution in [0.1, 0.15) is 50.1 Å². The van der Waals surface area contributed by atoms with Crippen LogP contribution in [0.2, 0.25) is 0 Å². The Hall–Kier alpha value is -2.02. The maximum absolute atomic E-state index is 13.4. The van der Waals surface area contributed by atoms with Crippen LogP contribution in [0.25, 0.3) is 0 Å². The normalized spacial score (nSPS) is 29.2. The molecular weight excluding hydrogens is 571 g/mol. The molecule has 0 radical (unpaired) electrons. The van der Waals surface area contributed by atoms with Crippen molar-refractivity contribution in [1.82, 2.24) is 9.88 Å². The van der Waals surface area contributed by atoms with Gasteiger partial charge in [0.25, 0.3) is 10.0 Å². The first kappa shape index (κ1) is 29.5. The van der Waals surface area contributed by atoms with Gasteiger partial charge in [0.05, 0.1) is 26.0 Å². The summed E-state index contributed by atoms with van der Waals surface area (Å²) in [5, 5.41) is 12.0. The number of aromatic nitrogens is 1. The van der Waals surface area contributed by atoms with Crippen LogP contribution < -0.4 is 14.2 Å². The van der Waals surface area contributed by atoms with Gasteiger partial charge in [0.1, 0.15) is 16.4 Å². The third-order valence-corrected chi connectivity index (χ3v) is 12.6. The van der Waals surface area contributed by atoms with Crippen molar-refractivity contribution in [2.45, 2.75) is 57.0 Å². The maximum Gasteiger partial charge on any atom is 0.267 e. The highest BCUT2D eigenvalue weighted by Crippen LogP contribution is 2.57. The molecule has 1 saturated heterocycles. The third kappa shape index (κ3) is 5.32. The SMILES string of the molecule is COc1ccc(OC)c(S(=O)(=O)Nc2nc3c(s2)C[C@]2(C)CCC([C@H](C)C(=O)N4CCSCC4)[C@H](O)[C@H]2[C@@H]3C)c1. The molecule has 9 nitrogen and oxygen atoms in total. The van der Waals surface area contributed by atoms with Crippen molar-refractivity contribution in [2.24, 2.45) is 23.2 Å². The van der Waals surface area contributed by atoms with Crippen molar-refractivity contribution < 1.29 is 27.8 Å². The number of thioether (sulfide) groups is 1. The van der Waals surface area contributed by atoms with Gasteiger partial charge in [-0.15, -0.1) is 11.3 Å². The molecule has 12 heteroatoms. The summed E-state index contributed by atoms with van der Waals surface area (Å²) in [5.74, 6) is 2.18. The van der Waals surface area contributed by atoms with Crippen LogP contribution in [0.4, 0.5) is 5.13 Å². The first-order chi connectivity index (χ1) is 19.0. The van der Waals surface area contributed by atoms with E-state index in [0.717, 1.165) is 48.0 Å². The molecule has 1 saturated carbocycles. The Bertz CT molecular complexity index is 1360. The monoisotopic (exact) mass is 609 g/mol. The summed E-state index contributed by atoms with van der Waals surface area (Å²) in [6.45, 7) is 7.81. The summed E-state index contributed by atoms with van der Waals surface area (Å²) in [6, 6.07) is 4.62. The van der Waals surface area contributed by atoms with Crippen molar-refractivity contribution in [1.29, 1.82) is 0 Å². The van der Waals surface area contributed by atoms with Gasteiger partial charge in [0.15, 0.2) is 5.13 Å². The average molecular weight is 610 g/mol. The van der Waals surface area contributed by atoms with Crippen molar-refractivity contribution >= 4 is 44.2 Å². The van der Waals surface area contributed by atoms with Crippen molar-refractivity contribution in [2.75, 3.05) is 43.5 Å². The number of fused-ring (bicyclic) bond motifs is 2. The lowest BCUT2D eigenvalue weighted by Crippen LogP contribution is -2.54. The van der Waals surface area contributed by atoms with Crippen molar-refractivity contribution in [3.63, 3.8) is 0 Å². The number of benzene rings is 1. The smallest absolute Gasteiger partial charge is 0.267 e. The molecule has 1 unspecified atom stereocenters. The molecule has 5 rings (SSSR count). The van der Waals surface area contributed by atoms with Crippen LogP contribution in [0.3, 0.4) is 0 Å². The third-order valence-electron chi connectivity index (χ3n) is 9.16. The van der Waals surface area contributed by atoms with Gasteiger partial charge in [-0.05, 0) is 48.6 Å². The van der Waals surface area contributed by atoms with E-state index >= 15 is 0 Å². The van der Waals surface area contributed by atoms with E-state index in [-0.39, 0.29) is 45.6 Å². The molecule has 2 aromatic rings. The quantitative estimate of drug-likeness (QED) is 0.479. The molecule has 6 atom stereocenters. The zero-order chi connectivity index (χ0) is 28.8. The fourth-order valence-electron chi connectivity index (χ4n) is 7.01. The molecule has 2 heterocycles. The Morgan fingerprint density at radius 2 is 1.98 bits per heavy atom. The van der Waals surface area contributed by atoms with Gasteiger partial charge >= 0.3 is 0 Å². The largest absolute Gasteiger partial charge is 0.497 e. The second-order valence-corrected chi connectivity index (χ2v) is 15.5. The topological polar surface area (TPSA) is 118 Å². The molecule has 220 valence electrons. The molecular formula is C28H39N3O6S3. The van der Waals surface area contributed by atoms with E-state index in [1.165, 1.54) is 31.6 Å². The number of carbonyl (C=O) groups excluding carboxylic acids is 1. The van der Waals surface area contributed by atoms with Crippen LogP contribution in [-0.2, 0) is 21.2 Å². The van der Waals surface area contributed by atoms with Gasteiger partial charge in [-0.3, -0.25) is 9.52 Å². The fraction of sp³-hybridized carbons (Fsp3) is 0.643. The summed E-state index contributed by atoms with van der Waals surface area (Å²) < 4.78 is 39.9. The lowest BCUT2D eigenvalue weighted by Gasteiger charge is -2.53. The zero-order valence-corrected chi connectivity index (χ0v) is 26.1. The van der Waals surface area contributed by atoms with Gasteiger partial charge in [-0.1, -0.05) is 20.8 Å². The molecule has 1 aliphatic heterocycles. The molecule has 1 aromatic heterocycles. The summed E-state index contributed by atoms with van der Waals surface area (Å²) >= 11 is 3.23. The fourth-order valence-corrected chi connectivity index (χ4v) is 10.6. The van der Waals surface area contributed by atoms with E-state index < -0.39 is 16.1 Å². The standard InChI is InChI=1S/C28H39N3O6S3/c1-16(26(33)31-10-12-38-13-11-31)19-8-9-28(3)15-21-24(17(2)23(28)25(19)32)29-27(39-21)30-40(34,35)22-14-18(36-4)6-7-20(22)37-5/h6-7,14,16-17,19,23,25,32H,8-13,15H2,1-5H3,(H,29,30)/t16-,17-,19?,23+,25-,28-/m0/s1. The number of hydrogen-bond acceptors (Lipinski definition) is 9. The number of sulfonamides is 1. The highest BCUT2D eigenvalue weighted by atomic mass is 32.2. The minimum absolute atomic E-state index is 0.0274. The minimum Gasteiger partial charge on any atom is -0.497 e. The number of carbonyl (C=O) groups is 1. The summed E-state index contributed by atoms with van der Waals surface area (Å²) in [7, 11) is -1.10.